The number of ether oxygens (including phenoxy) is 1. The van der Waals surface area contributed by atoms with Gasteiger partial charge in [-0.05, 0) is 31.0 Å². The molecule has 1 fully saturated rings. The summed E-state index contributed by atoms with van der Waals surface area (Å²) in [7, 11) is -4.00. The molecule has 2 aromatic rings. The number of hydrogen-bond acceptors (Lipinski definition) is 8. The number of aromatic nitrogens is 2. The summed E-state index contributed by atoms with van der Waals surface area (Å²) in [6.45, 7) is 3.11. The second-order valence-electron chi connectivity index (χ2n) is 8.38. The van der Waals surface area contributed by atoms with Crippen LogP contribution in [0.25, 0.3) is 0 Å². The Bertz CT molecular complexity index is 1190. The van der Waals surface area contributed by atoms with E-state index in [1.165, 1.54) is 18.2 Å². The van der Waals surface area contributed by atoms with Crippen molar-refractivity contribution in [2.75, 3.05) is 11.9 Å². The normalized spacial score (nSPS) is 20.8. The van der Waals surface area contributed by atoms with Crippen molar-refractivity contribution in [2.24, 2.45) is 5.92 Å². The lowest BCUT2D eigenvalue weighted by Crippen LogP contribution is -2.41. The molecule has 3 atom stereocenters. The lowest BCUT2D eigenvalue weighted by atomic mass is 9.97. The van der Waals surface area contributed by atoms with Gasteiger partial charge in [0.1, 0.15) is 11.9 Å². The minimum Gasteiger partial charge on any atom is -0.394 e. The smallest absolute Gasteiger partial charge is 0.351 e. The number of aliphatic hydroxyl groups excluding tert-OH is 2. The average Bonchev–Trinajstić information content (AvgIpc) is 3.07. The summed E-state index contributed by atoms with van der Waals surface area (Å²) in [5.41, 5.74) is -1.06. The van der Waals surface area contributed by atoms with E-state index in [1.807, 2.05) is 13.8 Å². The summed E-state index contributed by atoms with van der Waals surface area (Å²) >= 11 is 0. The Morgan fingerprint density at radius 1 is 1.19 bits per heavy atom. The standard InChI is InChI=1S/C17H25F2N3O5.C6H6O3S/c1-3-5-10(6-4-2)14(25)20-12-7-8-22(16(26)21-12)15-17(18,19)13(24)11(9-23)27-15;7-10(8,9)6-4-2-1-3-5-6/h7-8,10-11,13,15,23-24H,3-6,9H2,1-2H3,(H,20,21,25,26);1-5H,(H,7,8,9)/t11-,13-,15-;/m1./s1. The fourth-order valence-corrected chi connectivity index (χ4v) is 4.20. The first kappa shape index (κ1) is 30.4. The Balaban J connectivity index is 0.000000402. The van der Waals surface area contributed by atoms with E-state index in [4.69, 9.17) is 14.4 Å². The van der Waals surface area contributed by atoms with Crippen LogP contribution in [0, 0.1) is 5.92 Å². The molecule has 0 aliphatic carbocycles. The lowest BCUT2D eigenvalue weighted by Gasteiger charge is -2.21. The summed E-state index contributed by atoms with van der Waals surface area (Å²) in [6, 6.07) is 8.64. The van der Waals surface area contributed by atoms with Crippen LogP contribution >= 0.6 is 0 Å². The molecule has 0 radical (unpaired) electrons. The molecule has 0 bridgehead atoms. The van der Waals surface area contributed by atoms with Crippen molar-refractivity contribution in [1.29, 1.82) is 0 Å². The van der Waals surface area contributed by atoms with Crippen LogP contribution in [0.2, 0.25) is 0 Å². The highest BCUT2D eigenvalue weighted by molar-refractivity contribution is 7.85. The second-order valence-corrected chi connectivity index (χ2v) is 9.80. The van der Waals surface area contributed by atoms with Crippen LogP contribution in [0.4, 0.5) is 14.6 Å². The number of nitrogens with one attached hydrogen (secondary N) is 1. The van der Waals surface area contributed by atoms with Gasteiger partial charge >= 0.3 is 11.6 Å². The van der Waals surface area contributed by atoms with Gasteiger partial charge in [0.25, 0.3) is 10.1 Å². The van der Waals surface area contributed by atoms with Crippen LogP contribution in [0.15, 0.2) is 52.3 Å². The zero-order valence-electron chi connectivity index (χ0n) is 20.3. The quantitative estimate of drug-likeness (QED) is 0.344. The van der Waals surface area contributed by atoms with Gasteiger partial charge in [0.05, 0.1) is 11.5 Å². The molecule has 206 valence electrons. The Morgan fingerprint density at radius 3 is 2.22 bits per heavy atom. The summed E-state index contributed by atoms with van der Waals surface area (Å²) in [4.78, 5) is 28.0. The summed E-state index contributed by atoms with van der Waals surface area (Å²) in [5, 5.41) is 21.1. The van der Waals surface area contributed by atoms with Gasteiger partial charge in [-0.1, -0.05) is 44.9 Å². The maximum absolute atomic E-state index is 14.1. The monoisotopic (exact) mass is 547 g/mol. The molecule has 14 heteroatoms. The molecule has 1 aliphatic rings. The van der Waals surface area contributed by atoms with Crippen molar-refractivity contribution < 1.29 is 41.5 Å². The van der Waals surface area contributed by atoms with Crippen molar-refractivity contribution in [3.63, 3.8) is 0 Å². The fraction of sp³-hybridized carbons (Fsp3) is 0.522. The van der Waals surface area contributed by atoms with E-state index in [2.05, 4.69) is 10.3 Å². The maximum Gasteiger partial charge on any atom is 0.351 e. The zero-order valence-corrected chi connectivity index (χ0v) is 21.1. The van der Waals surface area contributed by atoms with E-state index in [1.54, 1.807) is 18.2 Å². The molecule has 11 nitrogen and oxygen atoms in total. The molecule has 4 N–H and O–H groups in total. The molecule has 1 amide bonds. The number of hydrogen-bond donors (Lipinski definition) is 4. The third-order valence-corrected chi connectivity index (χ3v) is 6.45. The van der Waals surface area contributed by atoms with E-state index < -0.39 is 46.8 Å². The fourth-order valence-electron chi connectivity index (χ4n) is 3.70. The zero-order chi connectivity index (χ0) is 27.8. The number of amides is 1. The van der Waals surface area contributed by atoms with Crippen molar-refractivity contribution in [1.82, 2.24) is 9.55 Å². The van der Waals surface area contributed by atoms with Gasteiger partial charge in [0, 0.05) is 12.1 Å². The van der Waals surface area contributed by atoms with E-state index in [9.17, 15) is 31.9 Å². The minimum absolute atomic E-state index is 0.0426. The van der Waals surface area contributed by atoms with Gasteiger partial charge in [-0.15, -0.1) is 0 Å². The number of aliphatic hydroxyl groups is 2. The molecule has 0 unspecified atom stereocenters. The number of rotatable bonds is 9. The molecule has 2 heterocycles. The third kappa shape index (κ3) is 7.85. The molecular formula is C23H31F2N3O8S. The second kappa shape index (κ2) is 13.1. The predicted molar refractivity (Wildman–Crippen MR) is 129 cm³/mol. The van der Waals surface area contributed by atoms with Crippen LogP contribution in [0.5, 0.6) is 0 Å². The van der Waals surface area contributed by atoms with Gasteiger partial charge in [0.2, 0.25) is 12.1 Å². The SMILES string of the molecule is CCCC(CCC)C(=O)Nc1ccn([C@@H]2O[C@H](CO)[C@@H](O)C2(F)F)c(=O)n1.O=S(=O)(O)c1ccccc1. The third-order valence-electron chi connectivity index (χ3n) is 5.58. The Morgan fingerprint density at radius 2 is 1.78 bits per heavy atom. The van der Waals surface area contributed by atoms with E-state index in [0.717, 1.165) is 19.0 Å². The number of alkyl halides is 2. The summed E-state index contributed by atoms with van der Waals surface area (Å²) < 4.78 is 63.0. The Labute approximate surface area is 212 Å². The van der Waals surface area contributed by atoms with Gasteiger partial charge < -0.3 is 20.3 Å². The number of carbonyl (C=O) groups is 1. The molecule has 3 rings (SSSR count). The highest BCUT2D eigenvalue weighted by Gasteiger charge is 2.59. The molecule has 0 saturated carbocycles. The van der Waals surface area contributed by atoms with Gasteiger partial charge in [0.15, 0.2) is 6.10 Å². The first-order valence-corrected chi connectivity index (χ1v) is 13.1. The first-order chi connectivity index (χ1) is 17.4. The Hall–Kier alpha value is -2.78. The van der Waals surface area contributed by atoms with Crippen molar-refractivity contribution in [2.45, 2.75) is 68.8 Å². The van der Waals surface area contributed by atoms with E-state index >= 15 is 0 Å². The van der Waals surface area contributed by atoms with Gasteiger partial charge in [-0.2, -0.15) is 22.2 Å². The molecule has 37 heavy (non-hydrogen) atoms. The van der Waals surface area contributed by atoms with Crippen LogP contribution in [0.1, 0.15) is 45.8 Å². The molecule has 0 spiro atoms. The number of benzene rings is 1. The van der Waals surface area contributed by atoms with Crippen LogP contribution in [0.3, 0.4) is 0 Å². The lowest BCUT2D eigenvalue weighted by molar-refractivity contribution is -0.141. The summed E-state index contributed by atoms with van der Waals surface area (Å²) in [6.07, 6.45) is -1.79. The van der Waals surface area contributed by atoms with Crippen molar-refractivity contribution >= 4 is 21.8 Å². The number of anilines is 1. The van der Waals surface area contributed by atoms with E-state index in [-0.39, 0.29) is 22.5 Å². The largest absolute Gasteiger partial charge is 0.394 e. The highest BCUT2D eigenvalue weighted by atomic mass is 32.2. The Kier molecular flexibility index (Phi) is 10.8. The summed E-state index contributed by atoms with van der Waals surface area (Å²) in [5.74, 6) is -4.32. The average molecular weight is 548 g/mol. The van der Waals surface area contributed by atoms with Crippen LogP contribution in [-0.2, 0) is 19.6 Å². The van der Waals surface area contributed by atoms with Crippen molar-refractivity contribution in [3.8, 4) is 0 Å². The van der Waals surface area contributed by atoms with Crippen LogP contribution in [-0.4, -0.2) is 63.4 Å². The number of nitrogens with zero attached hydrogens (tertiary/aromatic N) is 2. The van der Waals surface area contributed by atoms with Gasteiger partial charge in [-0.3, -0.25) is 13.9 Å². The first-order valence-electron chi connectivity index (χ1n) is 11.6. The van der Waals surface area contributed by atoms with Crippen LogP contribution < -0.4 is 11.0 Å². The molecule has 1 aliphatic heterocycles. The molecular weight excluding hydrogens is 516 g/mol. The topological polar surface area (TPSA) is 168 Å². The van der Waals surface area contributed by atoms with Crippen molar-refractivity contribution in [3.05, 3.63) is 53.1 Å². The number of carbonyl (C=O) groups excluding carboxylic acids is 1. The highest BCUT2D eigenvalue weighted by Crippen LogP contribution is 2.41. The van der Waals surface area contributed by atoms with E-state index in [0.29, 0.717) is 17.4 Å². The van der Waals surface area contributed by atoms with Gasteiger partial charge in [-0.25, -0.2) is 4.79 Å². The molecule has 1 aromatic heterocycles. The maximum atomic E-state index is 14.1. The predicted octanol–water partition coefficient (Wildman–Crippen LogP) is 2.22. The molecule has 1 saturated heterocycles. The minimum atomic E-state index is -4.00. The number of halogens is 2. The molecule has 1 aromatic carbocycles.